The lowest BCUT2D eigenvalue weighted by Gasteiger charge is -2.24. The van der Waals surface area contributed by atoms with Crippen molar-refractivity contribution in [2.45, 2.75) is 6.42 Å². The first-order valence-electron chi connectivity index (χ1n) is 3.78. The van der Waals surface area contributed by atoms with Gasteiger partial charge in [-0.2, -0.15) is 0 Å². The van der Waals surface area contributed by atoms with Gasteiger partial charge in [0, 0.05) is 25.9 Å². The third-order valence-electron chi connectivity index (χ3n) is 1.54. The number of carboxylic acid groups (broad SMARTS) is 1. The van der Waals surface area contributed by atoms with Crippen LogP contribution in [0.4, 0.5) is 0 Å². The molecule has 0 aromatic carbocycles. The maximum atomic E-state index is 10.1. The van der Waals surface area contributed by atoms with Crippen LogP contribution in [0.5, 0.6) is 0 Å². The van der Waals surface area contributed by atoms with E-state index in [1.165, 1.54) is 11.8 Å². The number of hydrogen-bond acceptors (Lipinski definition) is 5. The molecule has 0 saturated carbocycles. The van der Waals surface area contributed by atoms with Crippen molar-refractivity contribution in [3.8, 4) is 0 Å². The van der Waals surface area contributed by atoms with E-state index in [9.17, 15) is 9.90 Å². The SMILES string of the molecule is CN1CCCN=C1SCC(=O)[O-]. The number of carboxylic acids is 1. The molecule has 0 amide bonds. The van der Waals surface area contributed by atoms with Crippen molar-refractivity contribution < 1.29 is 9.90 Å². The topological polar surface area (TPSA) is 55.7 Å². The molecule has 0 aromatic heterocycles. The van der Waals surface area contributed by atoms with Gasteiger partial charge in [0.1, 0.15) is 0 Å². The average Bonchev–Trinajstić information content (AvgIpc) is 2.03. The largest absolute Gasteiger partial charge is 0.549 e. The van der Waals surface area contributed by atoms with Crippen molar-refractivity contribution in [2.24, 2.45) is 4.99 Å². The molecule has 5 heteroatoms. The van der Waals surface area contributed by atoms with E-state index in [4.69, 9.17) is 0 Å². The quantitative estimate of drug-likeness (QED) is 0.565. The van der Waals surface area contributed by atoms with Gasteiger partial charge in [0.05, 0.1) is 5.97 Å². The van der Waals surface area contributed by atoms with Crippen LogP contribution in [0.15, 0.2) is 4.99 Å². The van der Waals surface area contributed by atoms with Crippen LogP contribution in [0.1, 0.15) is 6.42 Å². The lowest BCUT2D eigenvalue weighted by molar-refractivity contribution is -0.301. The molecule has 4 nitrogen and oxygen atoms in total. The summed E-state index contributed by atoms with van der Waals surface area (Å²) in [5.74, 6) is -1.05. The Balaban J connectivity index is 2.39. The highest BCUT2D eigenvalue weighted by atomic mass is 32.2. The molecule has 0 unspecified atom stereocenters. The normalized spacial score (nSPS) is 17.4. The van der Waals surface area contributed by atoms with Gasteiger partial charge in [0.15, 0.2) is 5.17 Å². The number of thioether (sulfide) groups is 1. The first-order chi connectivity index (χ1) is 5.70. The van der Waals surface area contributed by atoms with Crippen LogP contribution in [0.3, 0.4) is 0 Å². The number of amidine groups is 1. The molecule has 0 bridgehead atoms. The minimum absolute atomic E-state index is 0.0107. The van der Waals surface area contributed by atoms with Crippen LogP contribution in [0.25, 0.3) is 0 Å². The number of hydrogen-bond donors (Lipinski definition) is 0. The Labute approximate surface area is 75.7 Å². The van der Waals surface area contributed by atoms with E-state index in [1.807, 2.05) is 11.9 Å². The van der Waals surface area contributed by atoms with Crippen molar-refractivity contribution in [2.75, 3.05) is 25.9 Å². The van der Waals surface area contributed by atoms with Gasteiger partial charge >= 0.3 is 0 Å². The van der Waals surface area contributed by atoms with E-state index in [1.54, 1.807) is 0 Å². The Bertz CT molecular complexity index is 206. The molecule has 0 spiro atoms. The Hall–Kier alpha value is -0.710. The summed E-state index contributed by atoms with van der Waals surface area (Å²) in [6, 6.07) is 0. The highest BCUT2D eigenvalue weighted by Crippen LogP contribution is 2.11. The van der Waals surface area contributed by atoms with Crippen LogP contribution in [-0.4, -0.2) is 41.9 Å². The molecule has 0 saturated heterocycles. The molecule has 0 radical (unpaired) electrons. The van der Waals surface area contributed by atoms with Gasteiger partial charge in [0.25, 0.3) is 0 Å². The number of nitrogens with zero attached hydrogens (tertiary/aromatic N) is 2. The van der Waals surface area contributed by atoms with Crippen LogP contribution < -0.4 is 5.11 Å². The second-order valence-corrected chi connectivity index (χ2v) is 3.54. The van der Waals surface area contributed by atoms with Gasteiger partial charge in [-0.3, -0.25) is 4.99 Å². The lowest BCUT2D eigenvalue weighted by Crippen LogP contribution is -2.32. The monoisotopic (exact) mass is 187 g/mol. The fourth-order valence-corrected chi connectivity index (χ4v) is 1.72. The summed E-state index contributed by atoms with van der Waals surface area (Å²) in [7, 11) is 1.92. The predicted octanol–water partition coefficient (Wildman–Crippen LogP) is -0.839. The fourth-order valence-electron chi connectivity index (χ4n) is 0.978. The second kappa shape index (κ2) is 4.35. The summed E-state index contributed by atoms with van der Waals surface area (Å²) >= 11 is 1.23. The smallest absolute Gasteiger partial charge is 0.159 e. The maximum Gasteiger partial charge on any atom is 0.159 e. The molecule has 0 N–H and O–H groups in total. The molecule has 68 valence electrons. The first kappa shape index (κ1) is 9.38. The zero-order valence-electron chi connectivity index (χ0n) is 6.95. The summed E-state index contributed by atoms with van der Waals surface area (Å²) in [5.41, 5.74) is 0. The Kier molecular flexibility index (Phi) is 3.40. The van der Waals surface area contributed by atoms with Crippen molar-refractivity contribution in [1.82, 2.24) is 4.90 Å². The number of rotatable bonds is 2. The van der Waals surface area contributed by atoms with Crippen LogP contribution in [0.2, 0.25) is 0 Å². The van der Waals surface area contributed by atoms with E-state index in [0.29, 0.717) is 0 Å². The zero-order valence-corrected chi connectivity index (χ0v) is 7.76. The van der Waals surface area contributed by atoms with Crippen molar-refractivity contribution in [1.29, 1.82) is 0 Å². The summed E-state index contributed by atoms with van der Waals surface area (Å²) < 4.78 is 0. The van der Waals surface area contributed by atoms with E-state index >= 15 is 0 Å². The number of aliphatic imine (C=N–C) groups is 1. The average molecular weight is 187 g/mol. The third kappa shape index (κ3) is 2.73. The predicted molar refractivity (Wildman–Crippen MR) is 47.0 cm³/mol. The van der Waals surface area contributed by atoms with Crippen molar-refractivity contribution >= 4 is 22.9 Å². The number of carbonyl (C=O) groups is 1. The summed E-state index contributed by atoms with van der Waals surface area (Å²) in [6.07, 6.45) is 1.05. The van der Waals surface area contributed by atoms with E-state index in [-0.39, 0.29) is 5.75 Å². The minimum atomic E-state index is -1.04. The van der Waals surface area contributed by atoms with Gasteiger partial charge in [-0.1, -0.05) is 11.8 Å². The van der Waals surface area contributed by atoms with E-state index in [2.05, 4.69) is 4.99 Å². The maximum absolute atomic E-state index is 10.1. The highest BCUT2D eigenvalue weighted by molar-refractivity contribution is 8.14. The minimum Gasteiger partial charge on any atom is -0.549 e. The van der Waals surface area contributed by atoms with Crippen LogP contribution in [0, 0.1) is 0 Å². The number of aliphatic carboxylic acids is 1. The molecule has 1 heterocycles. The molecular weight excluding hydrogens is 176 g/mol. The van der Waals surface area contributed by atoms with Crippen LogP contribution in [-0.2, 0) is 4.79 Å². The fraction of sp³-hybridized carbons (Fsp3) is 0.714. The third-order valence-corrected chi connectivity index (χ3v) is 2.62. The Morgan fingerprint density at radius 3 is 3.17 bits per heavy atom. The first-order valence-corrected chi connectivity index (χ1v) is 4.77. The van der Waals surface area contributed by atoms with Gasteiger partial charge in [-0.25, -0.2) is 0 Å². The zero-order chi connectivity index (χ0) is 8.97. The molecule has 0 fully saturated rings. The highest BCUT2D eigenvalue weighted by Gasteiger charge is 2.10. The number of carbonyl (C=O) groups excluding carboxylic acids is 1. The van der Waals surface area contributed by atoms with E-state index in [0.717, 1.165) is 24.7 Å². The van der Waals surface area contributed by atoms with Crippen molar-refractivity contribution in [3.63, 3.8) is 0 Å². The lowest BCUT2D eigenvalue weighted by atomic mass is 10.4. The molecule has 12 heavy (non-hydrogen) atoms. The van der Waals surface area contributed by atoms with Gasteiger partial charge in [0.2, 0.25) is 0 Å². The van der Waals surface area contributed by atoms with E-state index < -0.39 is 5.97 Å². The Morgan fingerprint density at radius 2 is 2.58 bits per heavy atom. The summed E-state index contributed by atoms with van der Waals surface area (Å²) in [6.45, 7) is 1.76. The molecule has 1 aliphatic heterocycles. The second-order valence-electron chi connectivity index (χ2n) is 2.60. The Morgan fingerprint density at radius 1 is 1.83 bits per heavy atom. The van der Waals surface area contributed by atoms with Gasteiger partial charge < -0.3 is 14.8 Å². The molecular formula is C7H11N2O2S-. The summed E-state index contributed by atoms with van der Waals surface area (Å²) in [4.78, 5) is 16.3. The molecule has 0 aromatic rings. The standard InChI is InChI=1S/C7H12N2O2S/c1-9-4-2-3-8-7(9)12-5-6(10)11/h2-5H2,1H3,(H,10,11)/p-1. The molecule has 0 atom stereocenters. The van der Waals surface area contributed by atoms with Gasteiger partial charge in [-0.15, -0.1) is 0 Å². The summed E-state index contributed by atoms with van der Waals surface area (Å²) in [5, 5.41) is 11.0. The molecule has 1 aliphatic rings. The molecule has 1 rings (SSSR count). The van der Waals surface area contributed by atoms with Crippen LogP contribution >= 0.6 is 11.8 Å². The van der Waals surface area contributed by atoms with Gasteiger partial charge in [-0.05, 0) is 6.42 Å². The van der Waals surface area contributed by atoms with Crippen molar-refractivity contribution in [3.05, 3.63) is 0 Å². The molecule has 0 aliphatic carbocycles.